The number of pyridine rings is 1. The van der Waals surface area contributed by atoms with E-state index in [4.69, 9.17) is 0 Å². The average Bonchev–Trinajstić information content (AvgIpc) is 2.87. The monoisotopic (exact) mass is 472 g/mol. The minimum atomic E-state index is -0.107. The van der Waals surface area contributed by atoms with Gasteiger partial charge in [-0.2, -0.15) is 0 Å². The van der Waals surface area contributed by atoms with Crippen LogP contribution in [-0.2, 0) is 17.9 Å². The molecule has 184 valence electrons. The lowest BCUT2D eigenvalue weighted by Gasteiger charge is -2.55. The van der Waals surface area contributed by atoms with Crippen molar-refractivity contribution in [2.45, 2.75) is 51.6 Å². The summed E-state index contributed by atoms with van der Waals surface area (Å²) in [7, 11) is 0. The van der Waals surface area contributed by atoms with Crippen LogP contribution >= 0.6 is 0 Å². The number of carbonyl (C=O) groups is 2. The van der Waals surface area contributed by atoms with Crippen molar-refractivity contribution in [3.8, 4) is 0 Å². The van der Waals surface area contributed by atoms with Gasteiger partial charge in [0.05, 0.1) is 0 Å². The summed E-state index contributed by atoms with van der Waals surface area (Å²) in [6, 6.07) is 11.9. The summed E-state index contributed by atoms with van der Waals surface area (Å²) in [4.78, 5) is 34.7. The molecule has 1 aliphatic heterocycles. The van der Waals surface area contributed by atoms with Crippen LogP contribution < -0.4 is 5.32 Å². The number of rotatable bonds is 6. The molecule has 1 aromatic carbocycles. The van der Waals surface area contributed by atoms with Crippen molar-refractivity contribution in [3.63, 3.8) is 0 Å². The molecule has 0 unspecified atom stereocenters. The Bertz CT molecular complexity index is 1020. The molecule has 1 aromatic heterocycles. The molecule has 4 aliphatic carbocycles. The summed E-state index contributed by atoms with van der Waals surface area (Å²) in [6.07, 6.45) is 11.0. The molecule has 1 saturated heterocycles. The van der Waals surface area contributed by atoms with E-state index in [1.807, 2.05) is 53.7 Å². The van der Waals surface area contributed by atoms with Gasteiger partial charge in [0.25, 0.3) is 5.91 Å². The van der Waals surface area contributed by atoms with E-state index in [1.54, 1.807) is 0 Å². The van der Waals surface area contributed by atoms with E-state index in [0.717, 1.165) is 80.9 Å². The number of nitrogens with zero attached hydrogens (tertiary/aromatic N) is 3. The molecule has 2 heterocycles. The van der Waals surface area contributed by atoms with Crippen LogP contribution in [0.25, 0.3) is 0 Å². The average molecular weight is 473 g/mol. The maximum atomic E-state index is 13.2. The van der Waals surface area contributed by atoms with Crippen molar-refractivity contribution in [2.24, 2.45) is 23.2 Å². The molecule has 5 aliphatic rings. The molecule has 0 spiro atoms. The number of amides is 2. The molecule has 6 heteroatoms. The van der Waals surface area contributed by atoms with Crippen molar-refractivity contribution in [1.82, 2.24) is 20.1 Å². The van der Waals surface area contributed by atoms with E-state index in [1.165, 1.54) is 24.8 Å². The number of nitrogens with one attached hydrogen (secondary N) is 1. The van der Waals surface area contributed by atoms with Crippen LogP contribution in [0.15, 0.2) is 48.8 Å². The van der Waals surface area contributed by atoms with Gasteiger partial charge in [0.1, 0.15) is 0 Å². The Morgan fingerprint density at radius 2 is 1.43 bits per heavy atom. The van der Waals surface area contributed by atoms with Crippen LogP contribution in [0.1, 0.15) is 60.0 Å². The maximum Gasteiger partial charge on any atom is 0.253 e. The Balaban J connectivity index is 0.996. The SMILES string of the molecule is O=C(c1ccc(CNC(=O)C23CC4CC(CC(C4)C2)C3)cc1)N1CCN(Cc2ccncc2)CC1. The van der Waals surface area contributed by atoms with Crippen molar-refractivity contribution in [2.75, 3.05) is 26.2 Å². The molecule has 2 aromatic rings. The van der Waals surface area contributed by atoms with Crippen LogP contribution in [0, 0.1) is 23.2 Å². The van der Waals surface area contributed by atoms with E-state index in [-0.39, 0.29) is 17.2 Å². The number of piperazine rings is 1. The van der Waals surface area contributed by atoms with Crippen molar-refractivity contribution >= 4 is 11.8 Å². The highest BCUT2D eigenvalue weighted by atomic mass is 16.2. The topological polar surface area (TPSA) is 65.5 Å². The number of carbonyl (C=O) groups excluding carboxylic acids is 2. The molecular weight excluding hydrogens is 436 g/mol. The standard InChI is InChI=1S/C29H36N4O2/c34-27(33-11-9-32(10-12-33)20-22-5-7-30-8-6-22)26-3-1-21(2-4-26)19-31-28(35)29-16-23-13-24(17-29)15-25(14-23)18-29/h1-8,23-25H,9-20H2,(H,31,35). The van der Waals surface area contributed by atoms with Gasteiger partial charge < -0.3 is 10.2 Å². The summed E-state index contributed by atoms with van der Waals surface area (Å²) in [6.45, 7) is 4.68. The van der Waals surface area contributed by atoms with E-state index in [0.29, 0.717) is 6.54 Å². The van der Waals surface area contributed by atoms with Gasteiger partial charge in [-0.1, -0.05) is 12.1 Å². The lowest BCUT2D eigenvalue weighted by Crippen LogP contribution is -2.53. The molecule has 0 radical (unpaired) electrons. The summed E-state index contributed by atoms with van der Waals surface area (Å²) in [5, 5.41) is 3.25. The molecule has 6 nitrogen and oxygen atoms in total. The van der Waals surface area contributed by atoms with Crippen LogP contribution in [0.4, 0.5) is 0 Å². The zero-order valence-corrected chi connectivity index (χ0v) is 20.5. The highest BCUT2D eigenvalue weighted by molar-refractivity contribution is 5.94. The van der Waals surface area contributed by atoms with Crippen LogP contribution in [0.2, 0.25) is 0 Å². The third-order valence-electron chi connectivity index (χ3n) is 8.99. The van der Waals surface area contributed by atoms with Gasteiger partial charge in [-0.15, -0.1) is 0 Å². The lowest BCUT2D eigenvalue weighted by molar-refractivity contribution is -0.146. The first-order valence-corrected chi connectivity index (χ1v) is 13.3. The molecule has 4 bridgehead atoms. The first-order chi connectivity index (χ1) is 17.1. The first kappa shape index (κ1) is 22.7. The Morgan fingerprint density at radius 3 is 2.03 bits per heavy atom. The molecule has 1 N–H and O–H groups in total. The summed E-state index contributed by atoms with van der Waals surface area (Å²) >= 11 is 0. The zero-order chi connectivity index (χ0) is 23.8. The van der Waals surface area contributed by atoms with Gasteiger partial charge in [-0.25, -0.2) is 0 Å². The maximum absolute atomic E-state index is 13.2. The first-order valence-electron chi connectivity index (χ1n) is 13.3. The highest BCUT2D eigenvalue weighted by Crippen LogP contribution is 2.60. The van der Waals surface area contributed by atoms with Gasteiger partial charge in [0.2, 0.25) is 5.91 Å². The third-order valence-corrected chi connectivity index (χ3v) is 8.99. The highest BCUT2D eigenvalue weighted by Gasteiger charge is 2.54. The van der Waals surface area contributed by atoms with Crippen molar-refractivity contribution in [3.05, 3.63) is 65.5 Å². The van der Waals surface area contributed by atoms with Crippen LogP contribution in [0.3, 0.4) is 0 Å². The molecule has 5 fully saturated rings. The Labute approximate surface area is 208 Å². The summed E-state index contributed by atoms with van der Waals surface area (Å²) < 4.78 is 0. The lowest BCUT2D eigenvalue weighted by atomic mass is 9.49. The van der Waals surface area contributed by atoms with E-state index >= 15 is 0 Å². The fraction of sp³-hybridized carbons (Fsp3) is 0.552. The second-order valence-electron chi connectivity index (χ2n) is 11.5. The minimum Gasteiger partial charge on any atom is -0.352 e. The van der Waals surface area contributed by atoms with Crippen LogP contribution in [0.5, 0.6) is 0 Å². The van der Waals surface area contributed by atoms with Crippen molar-refractivity contribution < 1.29 is 9.59 Å². The Kier molecular flexibility index (Phi) is 6.09. The van der Waals surface area contributed by atoms with Gasteiger partial charge >= 0.3 is 0 Å². The van der Waals surface area contributed by atoms with Gasteiger partial charge in [0, 0.05) is 62.6 Å². The normalized spacial score (nSPS) is 29.8. The smallest absolute Gasteiger partial charge is 0.253 e. The number of aromatic nitrogens is 1. The largest absolute Gasteiger partial charge is 0.352 e. The number of hydrogen-bond donors (Lipinski definition) is 1. The van der Waals surface area contributed by atoms with Gasteiger partial charge in [0.15, 0.2) is 0 Å². The predicted molar refractivity (Wildman–Crippen MR) is 134 cm³/mol. The Morgan fingerprint density at radius 1 is 0.829 bits per heavy atom. The predicted octanol–water partition coefficient (Wildman–Crippen LogP) is 3.87. The van der Waals surface area contributed by atoms with Gasteiger partial charge in [-0.3, -0.25) is 19.5 Å². The van der Waals surface area contributed by atoms with E-state index in [2.05, 4.69) is 15.2 Å². The second-order valence-corrected chi connectivity index (χ2v) is 11.5. The van der Waals surface area contributed by atoms with E-state index in [9.17, 15) is 9.59 Å². The quantitative estimate of drug-likeness (QED) is 0.693. The summed E-state index contributed by atoms with van der Waals surface area (Å²) in [5.41, 5.74) is 2.93. The molecule has 0 atom stereocenters. The zero-order valence-electron chi connectivity index (χ0n) is 20.5. The number of hydrogen-bond acceptors (Lipinski definition) is 4. The second kappa shape index (κ2) is 9.38. The fourth-order valence-corrected chi connectivity index (χ4v) is 7.56. The van der Waals surface area contributed by atoms with Gasteiger partial charge in [-0.05, 0) is 91.7 Å². The Hall–Kier alpha value is -2.73. The van der Waals surface area contributed by atoms with E-state index < -0.39 is 0 Å². The molecular formula is C29H36N4O2. The molecule has 2 amide bonds. The third kappa shape index (κ3) is 4.73. The fourth-order valence-electron chi connectivity index (χ4n) is 7.56. The molecule has 35 heavy (non-hydrogen) atoms. The van der Waals surface area contributed by atoms with Crippen molar-refractivity contribution in [1.29, 1.82) is 0 Å². The van der Waals surface area contributed by atoms with Crippen LogP contribution in [-0.4, -0.2) is 52.8 Å². The minimum absolute atomic E-state index is 0.0951. The number of benzene rings is 1. The molecule has 7 rings (SSSR count). The molecule has 4 saturated carbocycles. The summed E-state index contributed by atoms with van der Waals surface area (Å²) in [5.74, 6) is 2.68.